The van der Waals surface area contributed by atoms with Gasteiger partial charge in [-0.25, -0.2) is 0 Å². The summed E-state index contributed by atoms with van der Waals surface area (Å²) in [6.07, 6.45) is 0. The van der Waals surface area contributed by atoms with Crippen molar-refractivity contribution >= 4 is 5.78 Å². The lowest BCUT2D eigenvalue weighted by Gasteiger charge is -2.42. The maximum Gasteiger partial charge on any atom is 0.170 e. The van der Waals surface area contributed by atoms with Gasteiger partial charge in [-0.3, -0.25) is 4.79 Å². The van der Waals surface area contributed by atoms with E-state index in [1.807, 2.05) is 48.5 Å². The number of Topliss-reactive ketones (excluding diaryl/α,β-unsaturated/α-hetero) is 1. The van der Waals surface area contributed by atoms with Gasteiger partial charge in [0, 0.05) is 17.4 Å². The molecule has 6 heteroatoms. The van der Waals surface area contributed by atoms with Crippen LogP contribution >= 0.6 is 0 Å². The Morgan fingerprint density at radius 3 is 1.62 bits per heavy atom. The molecule has 4 aromatic carbocycles. The van der Waals surface area contributed by atoms with Crippen LogP contribution in [0.25, 0.3) is 0 Å². The van der Waals surface area contributed by atoms with Crippen molar-refractivity contribution in [2.75, 3.05) is 21.3 Å². The molecule has 0 aliphatic heterocycles. The molecule has 0 saturated heterocycles. The fourth-order valence-corrected chi connectivity index (χ4v) is 6.83. The SMILES string of the molecule is COc1ccc([C@@H]2[C@H]3C(=O)c4ccccc4[C@]3(O)[C@@](O)(c3ccc(OC)cc3)[C@@H]2c2ccc(OC)cc2)cc1. The molecule has 4 aromatic rings. The van der Waals surface area contributed by atoms with Crippen molar-refractivity contribution in [3.63, 3.8) is 0 Å². The molecular formula is C33H30O6. The average Bonchev–Trinajstić information content (AvgIpc) is 3.36. The quantitative estimate of drug-likeness (QED) is 0.363. The fourth-order valence-electron chi connectivity index (χ4n) is 6.83. The third-order valence-corrected chi connectivity index (χ3v) is 8.59. The molecule has 0 spiro atoms. The summed E-state index contributed by atoms with van der Waals surface area (Å²) in [6, 6.07) is 29.1. The second-order valence-electron chi connectivity index (χ2n) is 10.2. The van der Waals surface area contributed by atoms with Gasteiger partial charge in [-0.2, -0.15) is 0 Å². The van der Waals surface area contributed by atoms with Gasteiger partial charge >= 0.3 is 0 Å². The van der Waals surface area contributed by atoms with Gasteiger partial charge < -0.3 is 24.4 Å². The maximum atomic E-state index is 14.2. The summed E-state index contributed by atoms with van der Waals surface area (Å²) in [4.78, 5) is 14.2. The molecular weight excluding hydrogens is 492 g/mol. The van der Waals surface area contributed by atoms with Crippen LogP contribution in [0.15, 0.2) is 97.1 Å². The molecule has 0 aromatic heterocycles. The third kappa shape index (κ3) is 3.45. The van der Waals surface area contributed by atoms with Gasteiger partial charge in [0.05, 0.1) is 27.2 Å². The molecule has 2 N–H and O–H groups in total. The summed E-state index contributed by atoms with van der Waals surface area (Å²) < 4.78 is 16.2. The largest absolute Gasteiger partial charge is 0.497 e. The summed E-state index contributed by atoms with van der Waals surface area (Å²) >= 11 is 0. The van der Waals surface area contributed by atoms with Crippen molar-refractivity contribution in [2.24, 2.45) is 5.92 Å². The summed E-state index contributed by atoms with van der Waals surface area (Å²) in [5.74, 6) is -0.372. The number of rotatable bonds is 6. The Bertz CT molecular complexity index is 1510. The van der Waals surface area contributed by atoms with Crippen molar-refractivity contribution in [1.82, 2.24) is 0 Å². The molecule has 0 heterocycles. The maximum absolute atomic E-state index is 14.2. The Kier molecular flexibility index (Phi) is 5.97. The lowest BCUT2D eigenvalue weighted by Crippen LogP contribution is -2.49. The van der Waals surface area contributed by atoms with E-state index in [0.717, 1.165) is 11.1 Å². The molecule has 0 unspecified atom stereocenters. The first-order valence-electron chi connectivity index (χ1n) is 12.9. The van der Waals surface area contributed by atoms with Crippen LogP contribution in [0.5, 0.6) is 17.2 Å². The van der Waals surface area contributed by atoms with Crippen LogP contribution < -0.4 is 14.2 Å². The normalized spacial score (nSPS) is 27.1. The highest BCUT2D eigenvalue weighted by Gasteiger charge is 2.75. The molecule has 198 valence electrons. The average molecular weight is 523 g/mol. The fraction of sp³-hybridized carbons (Fsp3) is 0.242. The molecule has 0 amide bonds. The highest BCUT2D eigenvalue weighted by atomic mass is 16.5. The van der Waals surface area contributed by atoms with E-state index < -0.39 is 29.0 Å². The van der Waals surface area contributed by atoms with Gasteiger partial charge in [0.1, 0.15) is 28.5 Å². The smallest absolute Gasteiger partial charge is 0.170 e. The number of fused-ring (bicyclic) bond motifs is 3. The minimum absolute atomic E-state index is 0.183. The van der Waals surface area contributed by atoms with E-state index in [1.165, 1.54) is 0 Å². The van der Waals surface area contributed by atoms with E-state index in [4.69, 9.17) is 14.2 Å². The van der Waals surface area contributed by atoms with E-state index in [-0.39, 0.29) is 5.78 Å². The Hall–Kier alpha value is -4.13. The van der Waals surface area contributed by atoms with Gasteiger partial charge in [-0.05, 0) is 58.7 Å². The molecule has 5 atom stereocenters. The van der Waals surface area contributed by atoms with E-state index in [2.05, 4.69) is 0 Å². The van der Waals surface area contributed by atoms with Crippen molar-refractivity contribution in [2.45, 2.75) is 23.0 Å². The second kappa shape index (κ2) is 9.26. The van der Waals surface area contributed by atoms with Crippen molar-refractivity contribution in [3.8, 4) is 17.2 Å². The third-order valence-electron chi connectivity index (χ3n) is 8.59. The first kappa shape index (κ1) is 25.2. The molecule has 0 bridgehead atoms. The van der Waals surface area contributed by atoms with Gasteiger partial charge in [0.25, 0.3) is 0 Å². The molecule has 6 rings (SSSR count). The molecule has 2 aliphatic rings. The number of carbonyl (C=O) groups excluding carboxylic acids is 1. The van der Waals surface area contributed by atoms with E-state index in [0.29, 0.717) is 33.9 Å². The van der Waals surface area contributed by atoms with Gasteiger partial charge in [0.15, 0.2) is 5.78 Å². The van der Waals surface area contributed by atoms with E-state index in [9.17, 15) is 15.0 Å². The van der Waals surface area contributed by atoms with Crippen LogP contribution in [0.3, 0.4) is 0 Å². The predicted octanol–water partition coefficient (Wildman–Crippen LogP) is 5.18. The minimum Gasteiger partial charge on any atom is -0.497 e. The van der Waals surface area contributed by atoms with Gasteiger partial charge in [-0.15, -0.1) is 0 Å². The topological polar surface area (TPSA) is 85.2 Å². The predicted molar refractivity (Wildman–Crippen MR) is 147 cm³/mol. The molecule has 6 nitrogen and oxygen atoms in total. The number of benzene rings is 4. The molecule has 2 aliphatic carbocycles. The van der Waals surface area contributed by atoms with Crippen molar-refractivity contribution in [1.29, 1.82) is 0 Å². The summed E-state index contributed by atoms with van der Waals surface area (Å²) in [6.45, 7) is 0. The van der Waals surface area contributed by atoms with Crippen molar-refractivity contribution < 1.29 is 29.2 Å². The van der Waals surface area contributed by atoms with E-state index >= 15 is 0 Å². The van der Waals surface area contributed by atoms with E-state index in [1.54, 1.807) is 69.9 Å². The van der Waals surface area contributed by atoms with Crippen molar-refractivity contribution in [3.05, 3.63) is 125 Å². The van der Waals surface area contributed by atoms with Crippen LogP contribution in [-0.4, -0.2) is 37.3 Å². The van der Waals surface area contributed by atoms with Gasteiger partial charge in [0.2, 0.25) is 0 Å². The first-order chi connectivity index (χ1) is 18.9. The Labute approximate surface area is 227 Å². The Morgan fingerprint density at radius 2 is 1.08 bits per heavy atom. The number of hydrogen-bond donors (Lipinski definition) is 2. The summed E-state index contributed by atoms with van der Waals surface area (Å²) in [5, 5.41) is 26.0. The molecule has 39 heavy (non-hydrogen) atoms. The zero-order chi connectivity index (χ0) is 27.4. The van der Waals surface area contributed by atoms with Crippen LogP contribution in [0.1, 0.15) is 44.4 Å². The lowest BCUT2D eigenvalue weighted by atomic mass is 9.69. The zero-order valence-corrected chi connectivity index (χ0v) is 22.0. The monoisotopic (exact) mass is 522 g/mol. The summed E-state index contributed by atoms with van der Waals surface area (Å²) in [5.41, 5.74) is -0.794. The number of hydrogen-bond acceptors (Lipinski definition) is 6. The molecule has 0 radical (unpaired) electrons. The first-order valence-corrected chi connectivity index (χ1v) is 12.9. The zero-order valence-electron chi connectivity index (χ0n) is 22.0. The second-order valence-corrected chi connectivity index (χ2v) is 10.2. The van der Waals surface area contributed by atoms with Gasteiger partial charge in [-0.1, -0.05) is 60.7 Å². The van der Waals surface area contributed by atoms with Crippen LogP contribution in [-0.2, 0) is 11.2 Å². The van der Waals surface area contributed by atoms with Crippen LogP contribution in [0.4, 0.5) is 0 Å². The highest BCUT2D eigenvalue weighted by Crippen LogP contribution is 2.70. The highest BCUT2D eigenvalue weighted by molar-refractivity contribution is 6.05. The number of aliphatic hydroxyl groups is 2. The number of ether oxygens (including phenoxy) is 3. The summed E-state index contributed by atoms with van der Waals surface area (Å²) in [7, 11) is 4.78. The van der Waals surface area contributed by atoms with Crippen LogP contribution in [0, 0.1) is 5.92 Å². The number of carbonyl (C=O) groups is 1. The number of methoxy groups -OCH3 is 3. The lowest BCUT2D eigenvalue weighted by molar-refractivity contribution is -0.159. The molecule has 1 saturated carbocycles. The standard InChI is InChI=1S/C33H30O6/c1-37-23-14-8-20(9-15-23)28-29(21-10-16-24(38-2)17-11-21)32(35,22-12-18-25(39-3)19-13-22)33(36)27-7-5-4-6-26(27)31(34)30(28)33/h4-19,28-30,35-36H,1-3H3/t28-,29+,30-,32+,33+/m0/s1. The van der Waals surface area contributed by atoms with Crippen LogP contribution in [0.2, 0.25) is 0 Å². The Morgan fingerprint density at radius 1 is 0.590 bits per heavy atom. The Balaban J connectivity index is 1.67. The minimum atomic E-state index is -1.90. The molecule has 1 fully saturated rings. The number of ketones is 1.